The van der Waals surface area contributed by atoms with Crippen LogP contribution in [-0.2, 0) is 0 Å². The van der Waals surface area contributed by atoms with Gasteiger partial charge >= 0.3 is 12.0 Å². The van der Waals surface area contributed by atoms with Crippen molar-refractivity contribution in [3.05, 3.63) is 65.1 Å². The molecule has 0 unspecified atom stereocenters. The number of urea groups is 1. The molecule has 0 atom stereocenters. The number of hydrogen-bond acceptors (Lipinski definition) is 4. The zero-order valence-corrected chi connectivity index (χ0v) is 20.8. The Morgan fingerprint density at radius 2 is 1.63 bits per heavy atom. The summed E-state index contributed by atoms with van der Waals surface area (Å²) in [5, 5.41) is 15.7. The van der Waals surface area contributed by atoms with Crippen LogP contribution in [-0.4, -0.2) is 30.2 Å². The molecule has 1 aromatic heterocycles. The van der Waals surface area contributed by atoms with E-state index in [0.717, 1.165) is 29.8 Å². The van der Waals surface area contributed by atoms with Gasteiger partial charge in [-0.3, -0.25) is 0 Å². The molecule has 0 saturated heterocycles. The molecule has 35 heavy (non-hydrogen) atoms. The Hall–Kier alpha value is -3.74. The number of nitrogens with one attached hydrogen (secondary N) is 2. The minimum atomic E-state index is -1.04. The number of benzene rings is 2. The monoisotopic (exact) mass is 475 g/mol. The van der Waals surface area contributed by atoms with Crippen molar-refractivity contribution >= 4 is 29.1 Å². The summed E-state index contributed by atoms with van der Waals surface area (Å²) in [5.41, 5.74) is 4.58. The molecule has 7 heteroatoms. The van der Waals surface area contributed by atoms with Crippen molar-refractivity contribution in [3.63, 3.8) is 0 Å². The van der Waals surface area contributed by atoms with Crippen molar-refractivity contribution in [3.8, 4) is 11.1 Å². The summed E-state index contributed by atoms with van der Waals surface area (Å²) < 4.78 is 5.66. The van der Waals surface area contributed by atoms with Gasteiger partial charge in [-0.1, -0.05) is 43.5 Å². The molecule has 0 radical (unpaired) electrons. The van der Waals surface area contributed by atoms with E-state index >= 15 is 0 Å². The van der Waals surface area contributed by atoms with E-state index in [-0.39, 0.29) is 11.6 Å². The molecule has 3 aromatic rings. The summed E-state index contributed by atoms with van der Waals surface area (Å²) in [4.78, 5) is 27.2. The molecule has 2 aromatic carbocycles. The first-order valence-electron chi connectivity index (χ1n) is 12.1. The van der Waals surface area contributed by atoms with Gasteiger partial charge in [-0.15, -0.1) is 0 Å². The molecule has 1 aliphatic carbocycles. The van der Waals surface area contributed by atoms with Gasteiger partial charge in [0.1, 0.15) is 17.1 Å². The molecule has 2 amide bonds. The third-order valence-corrected chi connectivity index (χ3v) is 6.90. The highest BCUT2D eigenvalue weighted by atomic mass is 16.4. The minimum absolute atomic E-state index is 0.145. The molecular formula is C28H33N3O4. The summed E-state index contributed by atoms with van der Waals surface area (Å²) in [6.45, 7) is 5.35. The van der Waals surface area contributed by atoms with Gasteiger partial charge in [0.2, 0.25) is 0 Å². The average molecular weight is 476 g/mol. The quantitative estimate of drug-likeness (QED) is 0.357. The lowest BCUT2D eigenvalue weighted by molar-refractivity contribution is 0.0695. The fourth-order valence-corrected chi connectivity index (χ4v) is 5.04. The molecule has 0 bridgehead atoms. The number of anilines is 3. The van der Waals surface area contributed by atoms with E-state index in [0.29, 0.717) is 34.4 Å². The summed E-state index contributed by atoms with van der Waals surface area (Å²) in [6, 6.07) is 13.3. The molecule has 1 aliphatic rings. The molecule has 3 N–H and O–H groups in total. The molecule has 1 saturated carbocycles. The first kappa shape index (κ1) is 24.4. The fraction of sp³-hybridized carbons (Fsp3) is 0.357. The number of nitrogens with zero attached hydrogens (tertiary/aromatic N) is 1. The van der Waals surface area contributed by atoms with Crippen LogP contribution >= 0.6 is 0 Å². The number of amides is 2. The molecule has 7 nitrogen and oxygen atoms in total. The van der Waals surface area contributed by atoms with Crippen LogP contribution in [0.15, 0.2) is 46.9 Å². The van der Waals surface area contributed by atoms with Crippen molar-refractivity contribution in [1.29, 1.82) is 0 Å². The van der Waals surface area contributed by atoms with E-state index < -0.39 is 5.97 Å². The van der Waals surface area contributed by atoms with E-state index in [1.54, 1.807) is 13.8 Å². The van der Waals surface area contributed by atoms with Crippen LogP contribution in [0.25, 0.3) is 11.1 Å². The van der Waals surface area contributed by atoms with Crippen molar-refractivity contribution in [2.24, 2.45) is 0 Å². The molecule has 1 fully saturated rings. The number of carbonyl (C=O) groups excluding carboxylic acids is 1. The highest BCUT2D eigenvalue weighted by Crippen LogP contribution is 2.38. The van der Waals surface area contributed by atoms with Gasteiger partial charge in [0.25, 0.3) is 0 Å². The van der Waals surface area contributed by atoms with Gasteiger partial charge in [0, 0.05) is 24.3 Å². The van der Waals surface area contributed by atoms with E-state index in [4.69, 9.17) is 4.42 Å². The Balaban J connectivity index is 1.73. The van der Waals surface area contributed by atoms with Gasteiger partial charge < -0.3 is 25.1 Å². The van der Waals surface area contributed by atoms with Gasteiger partial charge in [-0.25, -0.2) is 9.59 Å². The van der Waals surface area contributed by atoms with Crippen molar-refractivity contribution < 1.29 is 19.1 Å². The van der Waals surface area contributed by atoms with Crippen LogP contribution in [0.4, 0.5) is 21.9 Å². The van der Waals surface area contributed by atoms with Gasteiger partial charge in [0.05, 0.1) is 11.4 Å². The highest BCUT2D eigenvalue weighted by molar-refractivity contribution is 6.04. The summed E-state index contributed by atoms with van der Waals surface area (Å²) in [6.07, 6.45) is 5.86. The number of carbonyl (C=O) groups is 2. The predicted molar refractivity (Wildman–Crippen MR) is 140 cm³/mol. The van der Waals surface area contributed by atoms with Crippen LogP contribution < -0.4 is 15.5 Å². The number of aryl methyl sites for hydroxylation is 3. The van der Waals surface area contributed by atoms with Crippen LogP contribution in [0.2, 0.25) is 0 Å². The maximum atomic E-state index is 13.0. The second-order valence-electron chi connectivity index (χ2n) is 9.30. The van der Waals surface area contributed by atoms with Gasteiger partial charge in [-0.2, -0.15) is 0 Å². The largest absolute Gasteiger partial charge is 0.478 e. The summed E-state index contributed by atoms with van der Waals surface area (Å²) in [5.74, 6) is -0.145. The summed E-state index contributed by atoms with van der Waals surface area (Å²) in [7, 11) is 2.06. The molecular weight excluding hydrogens is 442 g/mol. The maximum absolute atomic E-state index is 13.0. The Kier molecular flexibility index (Phi) is 7.15. The minimum Gasteiger partial charge on any atom is -0.478 e. The topological polar surface area (TPSA) is 94.8 Å². The SMILES string of the molecule is Cc1ccccc1NC(=O)Nc1cc(-c2c(C)oc(C)c2C(=O)O)ccc1N(C)C1CCCCC1. The highest BCUT2D eigenvalue weighted by Gasteiger charge is 2.25. The number of aromatic carboxylic acids is 1. The second-order valence-corrected chi connectivity index (χ2v) is 9.30. The zero-order valence-electron chi connectivity index (χ0n) is 20.8. The Labute approximate surface area is 206 Å². The first-order valence-corrected chi connectivity index (χ1v) is 12.1. The van der Waals surface area contributed by atoms with Gasteiger partial charge in [-0.05, 0) is 62.9 Å². The lowest BCUT2D eigenvalue weighted by atomic mass is 9.93. The van der Waals surface area contributed by atoms with Crippen molar-refractivity contribution in [1.82, 2.24) is 0 Å². The van der Waals surface area contributed by atoms with E-state index in [2.05, 4.69) is 22.6 Å². The number of carboxylic acids is 1. The molecule has 1 heterocycles. The normalized spacial score (nSPS) is 13.9. The lowest BCUT2D eigenvalue weighted by Gasteiger charge is -2.34. The molecule has 184 valence electrons. The lowest BCUT2D eigenvalue weighted by Crippen LogP contribution is -2.34. The zero-order chi connectivity index (χ0) is 25.1. The number of para-hydroxylation sites is 1. The Morgan fingerprint density at radius 1 is 0.943 bits per heavy atom. The van der Waals surface area contributed by atoms with Crippen molar-refractivity contribution in [2.75, 3.05) is 22.6 Å². The average Bonchev–Trinajstić information content (AvgIpc) is 3.14. The Morgan fingerprint density at radius 3 is 2.31 bits per heavy atom. The maximum Gasteiger partial charge on any atom is 0.339 e. The third kappa shape index (κ3) is 5.19. The van der Waals surface area contributed by atoms with Crippen LogP contribution in [0, 0.1) is 20.8 Å². The molecule has 0 spiro atoms. The standard InChI is InChI=1S/C28H33N3O4/c1-17-10-8-9-13-22(17)29-28(34)30-23-16-20(25-18(2)35-19(3)26(25)27(32)33)14-15-24(23)31(4)21-11-6-5-7-12-21/h8-10,13-16,21H,5-7,11-12H2,1-4H3,(H,32,33)(H2,29,30,34). The number of rotatable bonds is 6. The third-order valence-electron chi connectivity index (χ3n) is 6.90. The predicted octanol–water partition coefficient (Wildman–Crippen LogP) is 6.98. The van der Waals surface area contributed by atoms with Crippen molar-refractivity contribution in [2.45, 2.75) is 58.9 Å². The van der Waals surface area contributed by atoms with E-state index in [9.17, 15) is 14.7 Å². The van der Waals surface area contributed by atoms with Crippen LogP contribution in [0.3, 0.4) is 0 Å². The first-order chi connectivity index (χ1) is 16.8. The molecule has 0 aliphatic heterocycles. The Bertz CT molecular complexity index is 1240. The molecule has 4 rings (SSSR count). The number of carboxylic acid groups (broad SMARTS) is 1. The fourth-order valence-electron chi connectivity index (χ4n) is 5.04. The second kappa shape index (κ2) is 10.3. The number of hydrogen-bond donors (Lipinski definition) is 3. The smallest absolute Gasteiger partial charge is 0.339 e. The van der Waals surface area contributed by atoms with Crippen LogP contribution in [0.1, 0.15) is 59.5 Å². The van der Waals surface area contributed by atoms with Crippen LogP contribution in [0.5, 0.6) is 0 Å². The summed E-state index contributed by atoms with van der Waals surface area (Å²) >= 11 is 0. The van der Waals surface area contributed by atoms with E-state index in [1.807, 2.05) is 49.4 Å². The van der Waals surface area contributed by atoms with E-state index in [1.165, 1.54) is 19.3 Å². The number of furan rings is 1. The van der Waals surface area contributed by atoms with Gasteiger partial charge in [0.15, 0.2) is 0 Å².